The summed E-state index contributed by atoms with van der Waals surface area (Å²) < 4.78 is 66.7. The quantitative estimate of drug-likeness (QED) is 0.268. The number of hydrogen-bond donors (Lipinski definition) is 1. The molecule has 0 spiro atoms. The first-order valence-electron chi connectivity index (χ1n) is 9.01. The van der Waals surface area contributed by atoms with Gasteiger partial charge in [-0.15, -0.1) is 13.2 Å². The van der Waals surface area contributed by atoms with Crippen LogP contribution in [0.1, 0.15) is 15.9 Å². The number of carbonyl (C=O) groups is 1. The number of carbonyl (C=O) groups excluding carboxylic acids is 1. The second-order valence-corrected chi connectivity index (χ2v) is 7.66. The minimum atomic E-state index is -4.90. The van der Waals surface area contributed by atoms with Crippen LogP contribution in [0.3, 0.4) is 0 Å². The number of hydrogen-bond acceptors (Lipinski definition) is 5. The Bertz CT molecular complexity index is 1210. The number of aromatic nitrogens is 1. The molecule has 0 atom stereocenters. The van der Waals surface area contributed by atoms with Gasteiger partial charge in [0.15, 0.2) is 11.5 Å². The fraction of sp³-hybridized carbons (Fsp3) is 0.143. The van der Waals surface area contributed by atoms with E-state index in [1.807, 2.05) is 0 Å². The van der Waals surface area contributed by atoms with E-state index in [1.54, 1.807) is 13.0 Å². The van der Waals surface area contributed by atoms with E-state index in [0.29, 0.717) is 15.9 Å². The van der Waals surface area contributed by atoms with Crippen LogP contribution in [0.15, 0.2) is 47.2 Å². The molecular weight excluding hydrogens is 536 g/mol. The summed E-state index contributed by atoms with van der Waals surface area (Å²) in [6, 6.07) is 6.77. The predicted molar refractivity (Wildman–Crippen MR) is 116 cm³/mol. The third-order valence-corrected chi connectivity index (χ3v) is 4.99. The number of aryl methyl sites for hydroxylation is 1. The van der Waals surface area contributed by atoms with Gasteiger partial charge in [-0.2, -0.15) is 0 Å². The summed E-state index contributed by atoms with van der Waals surface area (Å²) in [5.41, 5.74) is 0.685. The van der Waals surface area contributed by atoms with Crippen molar-refractivity contribution < 1.29 is 36.6 Å². The van der Waals surface area contributed by atoms with E-state index in [9.17, 15) is 22.4 Å². The van der Waals surface area contributed by atoms with Gasteiger partial charge in [0, 0.05) is 18.0 Å². The van der Waals surface area contributed by atoms with Gasteiger partial charge < -0.3 is 19.5 Å². The first-order chi connectivity index (χ1) is 15.5. The molecule has 0 bridgehead atoms. The number of alkyl halides is 3. The number of rotatable bonds is 6. The highest BCUT2D eigenvalue weighted by Gasteiger charge is 2.31. The number of nitrogens with zero attached hydrogens (tertiary/aromatic N) is 1. The number of anilines is 1. The highest BCUT2D eigenvalue weighted by molar-refractivity contribution is 9.10. The summed E-state index contributed by atoms with van der Waals surface area (Å²) >= 11 is 9.25. The van der Waals surface area contributed by atoms with E-state index >= 15 is 0 Å². The largest absolute Gasteiger partial charge is 0.573 e. The zero-order valence-corrected chi connectivity index (χ0v) is 19.2. The van der Waals surface area contributed by atoms with Gasteiger partial charge in [-0.3, -0.25) is 4.79 Å². The summed E-state index contributed by atoms with van der Waals surface area (Å²) in [4.78, 5) is 17.0. The van der Waals surface area contributed by atoms with Crippen LogP contribution in [0.4, 0.5) is 23.2 Å². The second-order valence-electron chi connectivity index (χ2n) is 6.47. The Morgan fingerprint density at radius 3 is 2.48 bits per heavy atom. The molecule has 0 unspecified atom stereocenters. The van der Waals surface area contributed by atoms with Gasteiger partial charge in [-0.05, 0) is 58.7 Å². The Labute approximate surface area is 198 Å². The molecule has 0 fully saturated rings. The lowest BCUT2D eigenvalue weighted by molar-refractivity contribution is -0.274. The summed E-state index contributed by atoms with van der Waals surface area (Å²) in [6.45, 7) is 1.70. The number of halogens is 6. The topological polar surface area (TPSA) is 69.7 Å². The molecule has 2 aromatic carbocycles. The first kappa shape index (κ1) is 24.6. The molecule has 1 amide bonds. The summed E-state index contributed by atoms with van der Waals surface area (Å²) in [5, 5.41) is 2.10. The van der Waals surface area contributed by atoms with Crippen molar-refractivity contribution in [3.05, 3.63) is 69.2 Å². The van der Waals surface area contributed by atoms with Crippen molar-refractivity contribution in [2.24, 2.45) is 0 Å². The van der Waals surface area contributed by atoms with E-state index < -0.39 is 28.9 Å². The number of amides is 1. The summed E-state index contributed by atoms with van der Waals surface area (Å²) in [5.74, 6) is -2.55. The van der Waals surface area contributed by atoms with Gasteiger partial charge in [0.05, 0.1) is 12.1 Å². The van der Waals surface area contributed by atoms with E-state index in [1.165, 1.54) is 13.3 Å². The van der Waals surface area contributed by atoms with Gasteiger partial charge in [-0.1, -0.05) is 11.6 Å². The minimum absolute atomic E-state index is 0.0633. The number of pyridine rings is 1. The van der Waals surface area contributed by atoms with Crippen LogP contribution in [0.2, 0.25) is 5.02 Å². The highest BCUT2D eigenvalue weighted by atomic mass is 79.9. The van der Waals surface area contributed by atoms with Gasteiger partial charge in [0.1, 0.15) is 27.5 Å². The van der Waals surface area contributed by atoms with Gasteiger partial charge >= 0.3 is 6.36 Å². The molecule has 0 radical (unpaired) electrons. The maximum Gasteiger partial charge on any atom is 0.573 e. The van der Waals surface area contributed by atoms with E-state index in [0.717, 1.165) is 30.3 Å². The lowest BCUT2D eigenvalue weighted by atomic mass is 10.1. The third-order valence-electron chi connectivity index (χ3n) is 4.19. The van der Waals surface area contributed by atoms with E-state index in [2.05, 4.69) is 31.0 Å². The number of nitrogens with one attached hydrogen (secondary N) is 1. The maximum absolute atomic E-state index is 14.2. The van der Waals surface area contributed by atoms with Crippen LogP contribution >= 0.6 is 27.5 Å². The zero-order valence-electron chi connectivity index (χ0n) is 16.9. The average molecular weight is 550 g/mol. The van der Waals surface area contributed by atoms with Crippen molar-refractivity contribution in [1.29, 1.82) is 0 Å². The molecule has 0 saturated heterocycles. The van der Waals surface area contributed by atoms with Gasteiger partial charge in [0.25, 0.3) is 5.91 Å². The molecule has 174 valence electrons. The highest BCUT2D eigenvalue weighted by Crippen LogP contribution is 2.39. The Morgan fingerprint density at radius 1 is 1.12 bits per heavy atom. The molecule has 0 aliphatic rings. The van der Waals surface area contributed by atoms with Crippen LogP contribution in [-0.2, 0) is 0 Å². The fourth-order valence-corrected chi connectivity index (χ4v) is 3.27. The minimum Gasteiger partial charge on any atom is -0.493 e. The smallest absolute Gasteiger partial charge is 0.493 e. The van der Waals surface area contributed by atoms with Crippen molar-refractivity contribution in [1.82, 2.24) is 4.98 Å². The lowest BCUT2D eigenvalue weighted by Crippen LogP contribution is -2.17. The van der Waals surface area contributed by atoms with Crippen molar-refractivity contribution in [3.63, 3.8) is 0 Å². The van der Waals surface area contributed by atoms with Gasteiger partial charge in [-0.25, -0.2) is 9.37 Å². The molecular formula is C21H14BrClF4N2O4. The van der Waals surface area contributed by atoms with E-state index in [-0.39, 0.29) is 22.8 Å². The predicted octanol–water partition coefficient (Wildman–Crippen LogP) is 6.90. The molecule has 0 saturated carbocycles. The average Bonchev–Trinajstić information content (AvgIpc) is 2.73. The third kappa shape index (κ3) is 6.05. The normalized spacial score (nSPS) is 11.2. The van der Waals surface area contributed by atoms with Crippen LogP contribution < -0.4 is 19.5 Å². The first-order valence-corrected chi connectivity index (χ1v) is 10.2. The molecule has 0 aliphatic heterocycles. The van der Waals surface area contributed by atoms with Crippen LogP contribution in [0.5, 0.6) is 23.0 Å². The molecule has 33 heavy (non-hydrogen) atoms. The SMILES string of the molecule is COc1cc(OC(F)(F)F)ccc1Oc1ccc(F)c(Cl)c1C(=O)Nc1cc(Br)ncc1C. The fourth-order valence-electron chi connectivity index (χ4n) is 2.70. The Kier molecular flexibility index (Phi) is 7.33. The molecule has 0 aliphatic carbocycles. The standard InChI is InChI=1S/C21H14BrClF4N2O4/c1-10-9-28-17(22)8-13(10)29-20(30)18-15(6-4-12(24)19(18)23)32-14-5-3-11(7-16(14)31-2)33-21(25,26)27/h3-9H,1-2H3,(H,28,29,30). The Balaban J connectivity index is 1.97. The second kappa shape index (κ2) is 9.84. The molecule has 6 nitrogen and oxygen atoms in total. The summed E-state index contributed by atoms with van der Waals surface area (Å²) in [7, 11) is 1.20. The lowest BCUT2D eigenvalue weighted by Gasteiger charge is -2.17. The Morgan fingerprint density at radius 2 is 1.82 bits per heavy atom. The van der Waals surface area contributed by atoms with Crippen molar-refractivity contribution in [2.75, 3.05) is 12.4 Å². The maximum atomic E-state index is 14.2. The molecule has 1 aromatic heterocycles. The molecule has 3 aromatic rings. The molecule has 3 rings (SSSR count). The summed E-state index contributed by atoms with van der Waals surface area (Å²) in [6.07, 6.45) is -3.39. The van der Waals surface area contributed by atoms with Crippen LogP contribution in [0, 0.1) is 12.7 Å². The number of ether oxygens (including phenoxy) is 3. The molecule has 12 heteroatoms. The number of benzene rings is 2. The van der Waals surface area contributed by atoms with Crippen molar-refractivity contribution in [2.45, 2.75) is 13.3 Å². The molecule has 1 heterocycles. The van der Waals surface area contributed by atoms with Gasteiger partial charge in [0.2, 0.25) is 0 Å². The number of methoxy groups -OCH3 is 1. The monoisotopic (exact) mass is 548 g/mol. The molecule has 1 N–H and O–H groups in total. The Hall–Kier alpha value is -3.05. The van der Waals surface area contributed by atoms with Crippen LogP contribution in [-0.4, -0.2) is 24.4 Å². The zero-order chi connectivity index (χ0) is 24.3. The van der Waals surface area contributed by atoms with Crippen LogP contribution in [0.25, 0.3) is 0 Å². The van der Waals surface area contributed by atoms with E-state index in [4.69, 9.17) is 21.1 Å². The van der Waals surface area contributed by atoms with Crippen molar-refractivity contribution in [3.8, 4) is 23.0 Å². The van der Waals surface area contributed by atoms with Crippen molar-refractivity contribution >= 4 is 39.1 Å².